The topological polar surface area (TPSA) is 91.8 Å². The van der Waals surface area contributed by atoms with Crippen molar-refractivity contribution in [2.75, 3.05) is 43.3 Å². The second kappa shape index (κ2) is 11.4. The molecule has 2 aromatic rings. The fraction of sp³-hybridized carbons (Fsp3) is 0.429. The normalized spacial score (nSPS) is 14.5. The highest BCUT2D eigenvalue weighted by Crippen LogP contribution is 2.22. The van der Waals surface area contributed by atoms with Gasteiger partial charge in [-0.1, -0.05) is 12.1 Å². The number of nitrogens with one attached hydrogen (secondary N) is 1. The molecule has 0 amide bonds. The van der Waals surface area contributed by atoms with Crippen molar-refractivity contribution in [1.29, 1.82) is 0 Å². The Morgan fingerprint density at radius 2 is 1.84 bits per heavy atom. The molecule has 0 saturated carbocycles. The number of benzene rings is 1. The Labute approximate surface area is 190 Å². The summed E-state index contributed by atoms with van der Waals surface area (Å²) in [6, 6.07) is 10.9. The zero-order valence-corrected chi connectivity index (χ0v) is 19.4. The maximum absolute atomic E-state index is 12.7. The molecular weight excluding hydrogens is 440 g/mol. The number of anilines is 1. The predicted octanol–water partition coefficient (Wildman–Crippen LogP) is 2.05. The lowest BCUT2D eigenvalue weighted by molar-refractivity contribution is 0.0600. The van der Waals surface area contributed by atoms with Gasteiger partial charge >= 0.3 is 5.97 Å². The summed E-state index contributed by atoms with van der Waals surface area (Å²) in [5.74, 6) is -0.498. The molecule has 1 aliphatic heterocycles. The molecule has 31 heavy (non-hydrogen) atoms. The van der Waals surface area contributed by atoms with Gasteiger partial charge in [0.15, 0.2) is 0 Å². The number of esters is 1. The minimum Gasteiger partial charge on any atom is -0.465 e. The lowest BCUT2D eigenvalue weighted by Gasteiger charge is -2.27. The van der Waals surface area contributed by atoms with Gasteiger partial charge in [0.1, 0.15) is 0 Å². The molecule has 8 nitrogen and oxygen atoms in total. The van der Waals surface area contributed by atoms with E-state index in [9.17, 15) is 13.2 Å². The van der Waals surface area contributed by atoms with E-state index in [2.05, 4.69) is 19.9 Å². The lowest BCUT2D eigenvalue weighted by Crippen LogP contribution is -2.42. The standard InChI is InChI=1S/C21H28N4O4S.ClH/c1-3-30(27,28)25(16-19-7-6-18(14-23-19)21(26)29-2)20-8-4-17(5-9-20)15-24-12-10-22-11-13-24;/h4-9,14,22H,3,10-13,15-16H2,1-2H3;1H. The molecule has 3 rings (SSSR count). The Kier molecular flexibility index (Phi) is 9.24. The van der Waals surface area contributed by atoms with Gasteiger partial charge in [-0.3, -0.25) is 14.2 Å². The molecule has 1 aromatic heterocycles. The van der Waals surface area contributed by atoms with E-state index in [1.807, 2.05) is 24.3 Å². The zero-order valence-electron chi connectivity index (χ0n) is 17.8. The highest BCUT2D eigenvalue weighted by atomic mass is 35.5. The average Bonchev–Trinajstić information content (AvgIpc) is 2.78. The van der Waals surface area contributed by atoms with E-state index in [4.69, 9.17) is 0 Å². The molecule has 1 fully saturated rings. The van der Waals surface area contributed by atoms with Crippen LogP contribution in [0, 0.1) is 0 Å². The molecule has 1 aliphatic rings. The van der Waals surface area contributed by atoms with Gasteiger partial charge in [-0.15, -0.1) is 12.4 Å². The van der Waals surface area contributed by atoms with Gasteiger partial charge < -0.3 is 10.1 Å². The van der Waals surface area contributed by atoms with Crippen LogP contribution in [0.3, 0.4) is 0 Å². The second-order valence-electron chi connectivity index (χ2n) is 7.13. The third-order valence-electron chi connectivity index (χ3n) is 5.09. The van der Waals surface area contributed by atoms with Crippen molar-refractivity contribution in [1.82, 2.24) is 15.2 Å². The SMILES string of the molecule is CCS(=O)(=O)N(Cc1ccc(C(=O)OC)cn1)c1ccc(CN2CCNCC2)cc1.Cl. The minimum atomic E-state index is -3.50. The average molecular weight is 469 g/mol. The van der Waals surface area contributed by atoms with Gasteiger partial charge in [-0.2, -0.15) is 0 Å². The van der Waals surface area contributed by atoms with Crippen LogP contribution < -0.4 is 9.62 Å². The molecule has 2 heterocycles. The summed E-state index contributed by atoms with van der Waals surface area (Å²) >= 11 is 0. The molecule has 0 bridgehead atoms. The number of carbonyl (C=O) groups is 1. The number of pyridine rings is 1. The Bertz CT molecular complexity index is 946. The van der Waals surface area contributed by atoms with Crippen LogP contribution in [0.2, 0.25) is 0 Å². The van der Waals surface area contributed by atoms with E-state index in [0.717, 1.165) is 38.3 Å². The Hall–Kier alpha value is -2.20. The first-order valence-corrected chi connectivity index (χ1v) is 11.6. The van der Waals surface area contributed by atoms with Crippen molar-refractivity contribution >= 4 is 34.1 Å². The molecule has 0 unspecified atom stereocenters. The monoisotopic (exact) mass is 468 g/mol. The molecule has 170 valence electrons. The number of sulfonamides is 1. The number of carbonyl (C=O) groups excluding carboxylic acids is 1. The zero-order chi connectivity index (χ0) is 21.6. The van der Waals surface area contributed by atoms with Gasteiger partial charge in [0, 0.05) is 38.9 Å². The number of hydrogen-bond acceptors (Lipinski definition) is 7. The summed E-state index contributed by atoms with van der Waals surface area (Å²) in [5.41, 5.74) is 2.61. The Balaban J connectivity index is 0.00000341. The van der Waals surface area contributed by atoms with Gasteiger partial charge in [-0.05, 0) is 36.8 Å². The molecular formula is C21H29ClN4O4S. The number of piperazine rings is 1. The summed E-state index contributed by atoms with van der Waals surface area (Å²) in [5, 5.41) is 3.34. The highest BCUT2D eigenvalue weighted by Gasteiger charge is 2.22. The van der Waals surface area contributed by atoms with Crippen molar-refractivity contribution in [3.63, 3.8) is 0 Å². The van der Waals surface area contributed by atoms with Gasteiger partial charge in [0.2, 0.25) is 10.0 Å². The third kappa shape index (κ3) is 6.64. The third-order valence-corrected chi connectivity index (χ3v) is 6.83. The number of halogens is 1. The van der Waals surface area contributed by atoms with E-state index < -0.39 is 16.0 Å². The van der Waals surface area contributed by atoms with Crippen LogP contribution in [0.4, 0.5) is 5.69 Å². The van der Waals surface area contributed by atoms with Crippen molar-refractivity contribution in [2.45, 2.75) is 20.0 Å². The van der Waals surface area contributed by atoms with Crippen LogP contribution in [0.25, 0.3) is 0 Å². The van der Waals surface area contributed by atoms with Gasteiger partial charge in [0.25, 0.3) is 0 Å². The second-order valence-corrected chi connectivity index (χ2v) is 9.31. The quantitative estimate of drug-likeness (QED) is 0.593. The van der Waals surface area contributed by atoms with Crippen molar-refractivity contribution < 1.29 is 17.9 Å². The smallest absolute Gasteiger partial charge is 0.339 e. The predicted molar refractivity (Wildman–Crippen MR) is 123 cm³/mol. The van der Waals surface area contributed by atoms with Crippen LogP contribution in [-0.2, 0) is 27.8 Å². The number of methoxy groups -OCH3 is 1. The van der Waals surface area contributed by atoms with Crippen LogP contribution in [-0.4, -0.2) is 63.3 Å². The summed E-state index contributed by atoms with van der Waals surface area (Å²) in [7, 11) is -2.20. The molecule has 0 aliphatic carbocycles. The lowest BCUT2D eigenvalue weighted by atomic mass is 10.2. The highest BCUT2D eigenvalue weighted by molar-refractivity contribution is 7.92. The van der Waals surface area contributed by atoms with Crippen molar-refractivity contribution in [2.24, 2.45) is 0 Å². The van der Waals surface area contributed by atoms with E-state index in [0.29, 0.717) is 16.9 Å². The van der Waals surface area contributed by atoms with Crippen molar-refractivity contribution in [3.8, 4) is 0 Å². The maximum atomic E-state index is 12.7. The largest absolute Gasteiger partial charge is 0.465 e. The molecule has 1 aromatic carbocycles. The number of rotatable bonds is 8. The summed E-state index contributed by atoms with van der Waals surface area (Å²) < 4.78 is 31.5. The van der Waals surface area contributed by atoms with E-state index >= 15 is 0 Å². The first kappa shape index (κ1) is 25.1. The summed E-state index contributed by atoms with van der Waals surface area (Å²) in [6.07, 6.45) is 1.40. The number of ether oxygens (including phenoxy) is 1. The van der Waals surface area contributed by atoms with Gasteiger partial charge in [-0.25, -0.2) is 13.2 Å². The fourth-order valence-electron chi connectivity index (χ4n) is 3.30. The summed E-state index contributed by atoms with van der Waals surface area (Å²) in [6.45, 7) is 6.55. The first-order chi connectivity index (χ1) is 14.4. The minimum absolute atomic E-state index is 0. The van der Waals surface area contributed by atoms with Crippen LogP contribution in [0.15, 0.2) is 42.6 Å². The number of aromatic nitrogens is 1. The number of nitrogens with zero attached hydrogens (tertiary/aromatic N) is 3. The van der Waals surface area contributed by atoms with E-state index in [-0.39, 0.29) is 24.7 Å². The first-order valence-electron chi connectivity index (χ1n) is 9.98. The molecule has 1 N–H and O–H groups in total. The van der Waals surface area contributed by atoms with Crippen LogP contribution in [0.5, 0.6) is 0 Å². The summed E-state index contributed by atoms with van der Waals surface area (Å²) in [4.78, 5) is 18.2. The molecule has 0 atom stereocenters. The molecule has 10 heteroatoms. The fourth-order valence-corrected chi connectivity index (χ4v) is 4.39. The van der Waals surface area contributed by atoms with Crippen molar-refractivity contribution in [3.05, 3.63) is 59.4 Å². The van der Waals surface area contributed by atoms with Crippen LogP contribution >= 0.6 is 12.4 Å². The van der Waals surface area contributed by atoms with E-state index in [1.165, 1.54) is 17.6 Å². The molecule has 1 saturated heterocycles. The Morgan fingerprint density at radius 3 is 2.39 bits per heavy atom. The molecule has 0 spiro atoms. The Morgan fingerprint density at radius 1 is 1.16 bits per heavy atom. The maximum Gasteiger partial charge on any atom is 0.339 e. The number of hydrogen-bond donors (Lipinski definition) is 1. The van der Waals surface area contributed by atoms with Crippen LogP contribution in [0.1, 0.15) is 28.5 Å². The van der Waals surface area contributed by atoms with Gasteiger partial charge in [0.05, 0.1) is 36.4 Å². The van der Waals surface area contributed by atoms with E-state index in [1.54, 1.807) is 19.1 Å². The molecule has 0 radical (unpaired) electrons.